The minimum Gasteiger partial charge on any atom is -0.412 e. The van der Waals surface area contributed by atoms with Crippen molar-refractivity contribution in [2.75, 3.05) is 19.8 Å². The molecule has 2 N–H and O–H groups in total. The van der Waals surface area contributed by atoms with Crippen LogP contribution in [0.5, 0.6) is 0 Å². The maximum absolute atomic E-state index is 2.38. The molecule has 0 saturated heterocycles. The summed E-state index contributed by atoms with van der Waals surface area (Å²) in [6, 6.07) is 0. The molecule has 0 fully saturated rings. The molecular weight excluding hydrogens is 176 g/mol. The zero-order chi connectivity index (χ0) is 9.84. The van der Waals surface area contributed by atoms with Gasteiger partial charge in [0.05, 0.1) is 6.67 Å². The Labute approximate surface area is 87.7 Å². The highest BCUT2D eigenvalue weighted by Crippen LogP contribution is 2.10. The van der Waals surface area contributed by atoms with Crippen molar-refractivity contribution < 1.29 is 5.48 Å². The van der Waals surface area contributed by atoms with E-state index in [-0.39, 0.29) is 5.48 Å². The fourth-order valence-corrected chi connectivity index (χ4v) is 1.69. The first-order valence-electron chi connectivity index (χ1n) is 5.24. The second kappa shape index (κ2) is 5.91. The molecule has 3 heteroatoms. The molecule has 0 aromatic carbocycles. The van der Waals surface area contributed by atoms with E-state index >= 15 is 0 Å². The number of nitrogens with zero attached hydrogens (tertiary/aromatic N) is 2. The first-order chi connectivity index (χ1) is 6.08. The van der Waals surface area contributed by atoms with E-state index in [2.05, 4.69) is 49.9 Å². The maximum Gasteiger partial charge on any atom is 0.0893 e. The van der Waals surface area contributed by atoms with E-state index in [1.165, 1.54) is 13.1 Å². The lowest BCUT2D eigenvalue weighted by molar-refractivity contribution is 0.231. The Kier molecular flexibility index (Phi) is 5.62. The average Bonchev–Trinajstić information content (AvgIpc) is 2.33. The molecule has 0 bridgehead atoms. The van der Waals surface area contributed by atoms with Crippen molar-refractivity contribution in [3.8, 4) is 0 Å². The molecule has 1 aliphatic rings. The van der Waals surface area contributed by atoms with Gasteiger partial charge in [-0.3, -0.25) is 0 Å². The van der Waals surface area contributed by atoms with Gasteiger partial charge in [-0.05, 0) is 11.8 Å². The molecule has 0 spiro atoms. The van der Waals surface area contributed by atoms with Crippen molar-refractivity contribution in [1.82, 2.24) is 9.80 Å². The summed E-state index contributed by atoms with van der Waals surface area (Å²) in [5.74, 6) is 1.51. The smallest absolute Gasteiger partial charge is 0.0893 e. The molecule has 1 aliphatic heterocycles. The SMILES string of the molecule is CC(C)CN1C=CN(CC(C)C)C1.O. The van der Waals surface area contributed by atoms with E-state index in [9.17, 15) is 0 Å². The summed E-state index contributed by atoms with van der Waals surface area (Å²) in [5, 5.41) is 0. The molecule has 0 atom stereocenters. The van der Waals surface area contributed by atoms with Crippen molar-refractivity contribution in [2.45, 2.75) is 27.7 Å². The molecule has 3 nitrogen and oxygen atoms in total. The van der Waals surface area contributed by atoms with Crippen molar-refractivity contribution in [1.29, 1.82) is 0 Å². The van der Waals surface area contributed by atoms with Gasteiger partial charge in [-0.25, -0.2) is 0 Å². The molecule has 84 valence electrons. The van der Waals surface area contributed by atoms with Gasteiger partial charge < -0.3 is 15.3 Å². The predicted molar refractivity (Wildman–Crippen MR) is 60.7 cm³/mol. The summed E-state index contributed by atoms with van der Waals surface area (Å²) in [7, 11) is 0. The molecule has 0 aromatic rings. The second-order valence-electron chi connectivity index (χ2n) is 4.77. The Morgan fingerprint density at radius 2 is 1.29 bits per heavy atom. The van der Waals surface area contributed by atoms with Crippen LogP contribution < -0.4 is 0 Å². The van der Waals surface area contributed by atoms with Crippen LogP contribution in [0.2, 0.25) is 0 Å². The van der Waals surface area contributed by atoms with E-state index in [1.807, 2.05) is 0 Å². The number of rotatable bonds is 4. The molecule has 0 unspecified atom stereocenters. The Morgan fingerprint density at radius 1 is 0.929 bits per heavy atom. The van der Waals surface area contributed by atoms with Gasteiger partial charge in [-0.2, -0.15) is 0 Å². The first kappa shape index (κ1) is 13.3. The summed E-state index contributed by atoms with van der Waals surface area (Å²) in [5.41, 5.74) is 0. The summed E-state index contributed by atoms with van der Waals surface area (Å²) < 4.78 is 0. The fraction of sp³-hybridized carbons (Fsp3) is 0.818. The van der Waals surface area contributed by atoms with Crippen LogP contribution in [0.15, 0.2) is 12.4 Å². The van der Waals surface area contributed by atoms with Crippen LogP contribution in [-0.2, 0) is 0 Å². The lowest BCUT2D eigenvalue weighted by Gasteiger charge is -2.23. The van der Waals surface area contributed by atoms with Gasteiger partial charge in [0.15, 0.2) is 0 Å². The minimum absolute atomic E-state index is 0. The van der Waals surface area contributed by atoms with E-state index in [1.54, 1.807) is 0 Å². The van der Waals surface area contributed by atoms with E-state index in [0.717, 1.165) is 18.5 Å². The van der Waals surface area contributed by atoms with Crippen LogP contribution >= 0.6 is 0 Å². The Balaban J connectivity index is 0.00000169. The van der Waals surface area contributed by atoms with Crippen LogP contribution in [0.4, 0.5) is 0 Å². The predicted octanol–water partition coefficient (Wildman–Crippen LogP) is 1.52. The summed E-state index contributed by atoms with van der Waals surface area (Å²) >= 11 is 0. The lowest BCUT2D eigenvalue weighted by Crippen LogP contribution is -2.30. The minimum atomic E-state index is 0. The van der Waals surface area contributed by atoms with Crippen LogP contribution in [0, 0.1) is 11.8 Å². The third-order valence-electron chi connectivity index (χ3n) is 2.05. The topological polar surface area (TPSA) is 38.0 Å². The van der Waals surface area contributed by atoms with Crippen molar-refractivity contribution in [3.63, 3.8) is 0 Å². The number of hydrogen-bond donors (Lipinski definition) is 0. The van der Waals surface area contributed by atoms with Gasteiger partial charge in [0, 0.05) is 25.5 Å². The molecule has 0 amide bonds. The Morgan fingerprint density at radius 3 is 1.57 bits per heavy atom. The van der Waals surface area contributed by atoms with Gasteiger partial charge in [0.2, 0.25) is 0 Å². The zero-order valence-corrected chi connectivity index (χ0v) is 9.83. The normalized spacial score (nSPS) is 15.6. The van der Waals surface area contributed by atoms with Crippen LogP contribution in [0.3, 0.4) is 0 Å². The maximum atomic E-state index is 2.38. The zero-order valence-electron chi connectivity index (χ0n) is 9.83. The third kappa shape index (κ3) is 4.51. The highest BCUT2D eigenvalue weighted by molar-refractivity contribution is 4.90. The van der Waals surface area contributed by atoms with Crippen molar-refractivity contribution in [3.05, 3.63) is 12.4 Å². The van der Waals surface area contributed by atoms with Gasteiger partial charge in [0.1, 0.15) is 0 Å². The summed E-state index contributed by atoms with van der Waals surface area (Å²) in [6.07, 6.45) is 4.42. The van der Waals surface area contributed by atoms with Crippen LogP contribution in [-0.4, -0.2) is 35.0 Å². The fourth-order valence-electron chi connectivity index (χ4n) is 1.69. The van der Waals surface area contributed by atoms with Crippen LogP contribution in [0.25, 0.3) is 0 Å². The molecule has 0 saturated carbocycles. The third-order valence-corrected chi connectivity index (χ3v) is 2.05. The van der Waals surface area contributed by atoms with Gasteiger partial charge in [-0.15, -0.1) is 0 Å². The molecule has 0 radical (unpaired) electrons. The second-order valence-corrected chi connectivity index (χ2v) is 4.77. The standard InChI is InChI=1S/C11H22N2.H2O/c1-10(2)7-12-5-6-13(9-12)8-11(3)4;/h5-6,10-11H,7-9H2,1-4H3;1H2. The number of hydrogen-bond acceptors (Lipinski definition) is 2. The highest BCUT2D eigenvalue weighted by Gasteiger charge is 2.13. The summed E-state index contributed by atoms with van der Waals surface area (Å²) in [4.78, 5) is 4.76. The molecular formula is C11H24N2O. The quantitative estimate of drug-likeness (QED) is 0.690. The molecule has 0 aromatic heterocycles. The monoisotopic (exact) mass is 200 g/mol. The van der Waals surface area contributed by atoms with Crippen molar-refractivity contribution >= 4 is 0 Å². The lowest BCUT2D eigenvalue weighted by atomic mass is 10.2. The van der Waals surface area contributed by atoms with Gasteiger partial charge in [0.25, 0.3) is 0 Å². The Bertz CT molecular complexity index is 160. The highest BCUT2D eigenvalue weighted by atomic mass is 16.0. The molecule has 1 rings (SSSR count). The molecule has 0 aliphatic carbocycles. The first-order valence-corrected chi connectivity index (χ1v) is 5.24. The Hall–Kier alpha value is -0.700. The van der Waals surface area contributed by atoms with Crippen molar-refractivity contribution in [2.24, 2.45) is 11.8 Å². The average molecular weight is 200 g/mol. The molecule has 14 heavy (non-hydrogen) atoms. The van der Waals surface area contributed by atoms with Crippen LogP contribution in [0.1, 0.15) is 27.7 Å². The van der Waals surface area contributed by atoms with E-state index in [4.69, 9.17) is 0 Å². The van der Waals surface area contributed by atoms with E-state index in [0.29, 0.717) is 0 Å². The van der Waals surface area contributed by atoms with Gasteiger partial charge in [-0.1, -0.05) is 27.7 Å². The summed E-state index contributed by atoms with van der Waals surface area (Å²) in [6.45, 7) is 12.5. The molecule has 1 heterocycles. The largest absolute Gasteiger partial charge is 0.412 e. The van der Waals surface area contributed by atoms with Gasteiger partial charge >= 0.3 is 0 Å². The van der Waals surface area contributed by atoms with E-state index < -0.39 is 0 Å².